The molecule has 2 heterocycles. The lowest BCUT2D eigenvalue weighted by molar-refractivity contribution is 0.0643. The van der Waals surface area contributed by atoms with E-state index in [0.717, 1.165) is 24.1 Å². The lowest BCUT2D eigenvalue weighted by Gasteiger charge is -2.42. The van der Waals surface area contributed by atoms with Crippen LogP contribution in [0.3, 0.4) is 0 Å². The highest BCUT2D eigenvalue weighted by molar-refractivity contribution is 9.10. The standard InChI is InChI=1S/C14H23BrN4/c1-3-13-10-19(5-4-18(13)2)14(7-16)11-6-12(15)9-17-8-11/h6,8-9,13-14H,3-5,7,10,16H2,1-2H3. The van der Waals surface area contributed by atoms with Crippen LogP contribution in [-0.2, 0) is 0 Å². The summed E-state index contributed by atoms with van der Waals surface area (Å²) in [5.74, 6) is 0. The molecule has 1 fully saturated rings. The Kier molecular flexibility index (Phi) is 5.33. The summed E-state index contributed by atoms with van der Waals surface area (Å²) in [6, 6.07) is 3.03. The first-order valence-electron chi connectivity index (χ1n) is 6.90. The number of likely N-dealkylation sites (N-methyl/N-ethyl adjacent to an activating group) is 1. The van der Waals surface area contributed by atoms with Crippen molar-refractivity contribution < 1.29 is 0 Å². The number of nitrogens with zero attached hydrogens (tertiary/aromatic N) is 3. The molecule has 5 heteroatoms. The van der Waals surface area contributed by atoms with Gasteiger partial charge in [-0.05, 0) is 41.0 Å². The average Bonchev–Trinajstić information content (AvgIpc) is 2.41. The number of aromatic nitrogens is 1. The molecule has 1 aromatic heterocycles. The van der Waals surface area contributed by atoms with Gasteiger partial charge in [0.25, 0.3) is 0 Å². The summed E-state index contributed by atoms with van der Waals surface area (Å²) in [4.78, 5) is 9.21. The van der Waals surface area contributed by atoms with E-state index in [-0.39, 0.29) is 6.04 Å². The van der Waals surface area contributed by atoms with Crippen LogP contribution in [0.4, 0.5) is 0 Å². The highest BCUT2D eigenvalue weighted by Gasteiger charge is 2.28. The Balaban J connectivity index is 2.14. The largest absolute Gasteiger partial charge is 0.329 e. The number of halogens is 1. The van der Waals surface area contributed by atoms with E-state index in [1.165, 1.54) is 12.0 Å². The smallest absolute Gasteiger partial charge is 0.0487 e. The SMILES string of the molecule is CCC1CN(C(CN)c2cncc(Br)c2)CCN1C. The van der Waals surface area contributed by atoms with Gasteiger partial charge < -0.3 is 10.6 Å². The van der Waals surface area contributed by atoms with Crippen molar-refractivity contribution in [3.8, 4) is 0 Å². The van der Waals surface area contributed by atoms with Crippen LogP contribution in [0.1, 0.15) is 24.9 Å². The second kappa shape index (κ2) is 6.79. The minimum Gasteiger partial charge on any atom is -0.329 e. The van der Waals surface area contributed by atoms with Gasteiger partial charge in [-0.25, -0.2) is 0 Å². The molecular formula is C14H23BrN4. The van der Waals surface area contributed by atoms with Gasteiger partial charge in [0, 0.05) is 55.1 Å². The molecule has 2 unspecified atom stereocenters. The molecule has 2 rings (SSSR count). The molecular weight excluding hydrogens is 304 g/mol. The van der Waals surface area contributed by atoms with Gasteiger partial charge in [0.1, 0.15) is 0 Å². The van der Waals surface area contributed by atoms with Gasteiger partial charge in [-0.15, -0.1) is 0 Å². The fourth-order valence-electron chi connectivity index (χ4n) is 2.80. The van der Waals surface area contributed by atoms with Gasteiger partial charge in [-0.1, -0.05) is 6.92 Å². The van der Waals surface area contributed by atoms with Crippen LogP contribution in [-0.4, -0.2) is 54.1 Å². The van der Waals surface area contributed by atoms with Crippen molar-refractivity contribution in [2.24, 2.45) is 5.73 Å². The Morgan fingerprint density at radius 1 is 1.47 bits per heavy atom. The van der Waals surface area contributed by atoms with Crippen molar-refractivity contribution in [1.29, 1.82) is 0 Å². The number of rotatable bonds is 4. The van der Waals surface area contributed by atoms with E-state index in [9.17, 15) is 0 Å². The molecule has 2 atom stereocenters. The maximum atomic E-state index is 6.01. The van der Waals surface area contributed by atoms with Crippen LogP contribution in [0.5, 0.6) is 0 Å². The number of nitrogens with two attached hydrogens (primary N) is 1. The van der Waals surface area contributed by atoms with E-state index in [1.54, 1.807) is 0 Å². The molecule has 0 aromatic carbocycles. The molecule has 1 saturated heterocycles. The van der Waals surface area contributed by atoms with Gasteiger partial charge in [0.15, 0.2) is 0 Å². The summed E-state index contributed by atoms with van der Waals surface area (Å²) < 4.78 is 1.02. The zero-order chi connectivity index (χ0) is 13.8. The minimum absolute atomic E-state index is 0.271. The Bertz CT molecular complexity index is 412. The Labute approximate surface area is 124 Å². The molecule has 4 nitrogen and oxygen atoms in total. The van der Waals surface area contributed by atoms with Gasteiger partial charge in [-0.2, -0.15) is 0 Å². The van der Waals surface area contributed by atoms with E-state index < -0.39 is 0 Å². The summed E-state index contributed by atoms with van der Waals surface area (Å²) >= 11 is 3.49. The lowest BCUT2D eigenvalue weighted by atomic mass is 10.0. The predicted octanol–water partition coefficient (Wildman–Crippen LogP) is 1.87. The fourth-order valence-corrected chi connectivity index (χ4v) is 3.18. The third-order valence-electron chi connectivity index (χ3n) is 4.05. The van der Waals surface area contributed by atoms with Crippen LogP contribution in [0.15, 0.2) is 22.9 Å². The van der Waals surface area contributed by atoms with Crippen molar-refractivity contribution in [1.82, 2.24) is 14.8 Å². The molecule has 2 N–H and O–H groups in total. The second-order valence-corrected chi connectivity index (χ2v) is 6.14. The monoisotopic (exact) mass is 326 g/mol. The van der Waals surface area contributed by atoms with Crippen molar-refractivity contribution in [2.75, 3.05) is 33.2 Å². The maximum absolute atomic E-state index is 6.01. The molecule has 1 aliphatic heterocycles. The molecule has 106 valence electrons. The molecule has 0 bridgehead atoms. The van der Waals surface area contributed by atoms with E-state index >= 15 is 0 Å². The summed E-state index contributed by atoms with van der Waals surface area (Å²) in [7, 11) is 2.21. The van der Waals surface area contributed by atoms with Gasteiger partial charge >= 0.3 is 0 Å². The maximum Gasteiger partial charge on any atom is 0.0487 e. The zero-order valence-corrected chi connectivity index (χ0v) is 13.3. The van der Waals surface area contributed by atoms with Crippen LogP contribution >= 0.6 is 15.9 Å². The van der Waals surface area contributed by atoms with Crippen molar-refractivity contribution in [2.45, 2.75) is 25.4 Å². The number of pyridine rings is 1. The van der Waals surface area contributed by atoms with Crippen LogP contribution < -0.4 is 5.73 Å². The third kappa shape index (κ3) is 3.54. The second-order valence-electron chi connectivity index (χ2n) is 5.23. The summed E-state index contributed by atoms with van der Waals surface area (Å²) in [5.41, 5.74) is 7.21. The number of hydrogen-bond donors (Lipinski definition) is 1. The zero-order valence-electron chi connectivity index (χ0n) is 11.7. The molecule has 19 heavy (non-hydrogen) atoms. The Morgan fingerprint density at radius 3 is 2.89 bits per heavy atom. The van der Waals surface area contributed by atoms with E-state index in [1.807, 2.05) is 12.4 Å². The first-order chi connectivity index (χ1) is 9.15. The minimum atomic E-state index is 0.271. The van der Waals surface area contributed by atoms with E-state index in [0.29, 0.717) is 12.6 Å². The number of hydrogen-bond acceptors (Lipinski definition) is 4. The van der Waals surface area contributed by atoms with E-state index in [4.69, 9.17) is 5.73 Å². The van der Waals surface area contributed by atoms with Crippen molar-refractivity contribution >= 4 is 15.9 Å². The summed E-state index contributed by atoms with van der Waals surface area (Å²) in [6.07, 6.45) is 4.93. The van der Waals surface area contributed by atoms with Crippen LogP contribution in [0.25, 0.3) is 0 Å². The highest BCUT2D eigenvalue weighted by Crippen LogP contribution is 2.24. The predicted molar refractivity (Wildman–Crippen MR) is 82.0 cm³/mol. The van der Waals surface area contributed by atoms with Crippen LogP contribution in [0.2, 0.25) is 0 Å². The molecule has 0 saturated carbocycles. The molecule has 1 aliphatic rings. The van der Waals surface area contributed by atoms with Gasteiger partial charge in [-0.3, -0.25) is 9.88 Å². The number of piperazine rings is 1. The molecule has 0 aliphatic carbocycles. The normalized spacial score (nSPS) is 23.5. The van der Waals surface area contributed by atoms with Gasteiger partial charge in [0.2, 0.25) is 0 Å². The summed E-state index contributed by atoms with van der Waals surface area (Å²) in [6.45, 7) is 6.15. The van der Waals surface area contributed by atoms with Crippen molar-refractivity contribution in [3.63, 3.8) is 0 Å². The van der Waals surface area contributed by atoms with Gasteiger partial charge in [0.05, 0.1) is 0 Å². The molecule has 0 spiro atoms. The molecule has 0 amide bonds. The van der Waals surface area contributed by atoms with E-state index in [2.05, 4.69) is 50.8 Å². The molecule has 0 radical (unpaired) electrons. The molecule has 1 aromatic rings. The first-order valence-corrected chi connectivity index (χ1v) is 7.69. The Hall–Kier alpha value is -0.490. The van der Waals surface area contributed by atoms with Crippen molar-refractivity contribution in [3.05, 3.63) is 28.5 Å². The highest BCUT2D eigenvalue weighted by atomic mass is 79.9. The lowest BCUT2D eigenvalue weighted by Crippen LogP contribution is -2.53. The Morgan fingerprint density at radius 2 is 2.26 bits per heavy atom. The summed E-state index contributed by atoms with van der Waals surface area (Å²) in [5, 5.41) is 0. The quantitative estimate of drug-likeness (QED) is 0.917. The topological polar surface area (TPSA) is 45.4 Å². The first kappa shape index (κ1) is 14.9. The average molecular weight is 327 g/mol. The fraction of sp³-hybridized carbons (Fsp3) is 0.643. The third-order valence-corrected chi connectivity index (χ3v) is 4.49. The van der Waals surface area contributed by atoms with Crippen LogP contribution in [0, 0.1) is 0 Å².